The van der Waals surface area contributed by atoms with Gasteiger partial charge in [-0.25, -0.2) is 44.4 Å². The molecule has 2 amide bonds. The highest BCUT2D eigenvalue weighted by Gasteiger charge is 2.53. The normalized spacial score (nSPS) is 14.3. The number of pyridine rings is 2. The van der Waals surface area contributed by atoms with Crippen molar-refractivity contribution in [1.29, 1.82) is 0 Å². The summed E-state index contributed by atoms with van der Waals surface area (Å²) in [5.41, 5.74) is 10.6. The minimum absolute atomic E-state index is 0.0552. The first-order chi connectivity index (χ1) is 49.3. The number of amides is 2. The fraction of sp³-hybridized carbons (Fsp3) is 0.282. The van der Waals surface area contributed by atoms with E-state index in [1.807, 2.05) is 58.0 Å². The maximum absolute atomic E-state index is 14.7. The molecule has 0 atom stereocenters. The Morgan fingerprint density at radius 1 is 0.577 bits per heavy atom. The summed E-state index contributed by atoms with van der Waals surface area (Å²) in [5, 5.41) is 24.8. The van der Waals surface area contributed by atoms with Crippen molar-refractivity contribution in [3.05, 3.63) is 218 Å². The van der Waals surface area contributed by atoms with Crippen LogP contribution in [0.1, 0.15) is 113 Å². The second-order valence-corrected chi connectivity index (χ2v) is 31.0. The molecule has 2 aliphatic carbocycles. The predicted molar refractivity (Wildman–Crippen MR) is 400 cm³/mol. The number of aliphatic hydroxyl groups excluding tert-OH is 2. The monoisotopic (exact) mass is 1480 g/mol. The number of rotatable bonds is 20. The summed E-state index contributed by atoms with van der Waals surface area (Å²) in [6, 6.07) is 34.9. The molecule has 104 heavy (non-hydrogen) atoms. The number of benzene rings is 6. The number of halogens is 5. The third-order valence-corrected chi connectivity index (χ3v) is 21.9. The molecule has 542 valence electrons. The van der Waals surface area contributed by atoms with Crippen LogP contribution in [0.25, 0.3) is 84.8 Å². The van der Waals surface area contributed by atoms with Crippen LogP contribution in [0.15, 0.2) is 148 Å². The predicted octanol–water partition coefficient (Wildman–Crippen LogP) is 15.0. The first-order valence-electron chi connectivity index (χ1n) is 33.6. The average molecular weight is 1480 g/mol. The lowest BCUT2D eigenvalue weighted by Crippen LogP contribution is -2.41. The van der Waals surface area contributed by atoms with Gasteiger partial charge in [0.2, 0.25) is 20.0 Å². The second-order valence-electron chi connectivity index (χ2n) is 26.6. The van der Waals surface area contributed by atoms with Crippen molar-refractivity contribution in [3.63, 3.8) is 0 Å². The summed E-state index contributed by atoms with van der Waals surface area (Å²) in [6.45, 7) is 8.24. The average Bonchev–Trinajstić information content (AvgIpc) is 1.50. The molecule has 6 aromatic carbocycles. The molecule has 3 aliphatic rings. The van der Waals surface area contributed by atoms with Crippen molar-refractivity contribution >= 4 is 102 Å². The lowest BCUT2D eigenvalue weighted by molar-refractivity contribution is 0.00578. The fourth-order valence-corrected chi connectivity index (χ4v) is 13.9. The second kappa shape index (κ2) is 30.7. The number of aryl methyl sites for hydroxylation is 2. The Kier molecular flexibility index (Phi) is 22.3. The van der Waals surface area contributed by atoms with Gasteiger partial charge in [0.05, 0.1) is 63.3 Å². The van der Waals surface area contributed by atoms with Crippen molar-refractivity contribution in [2.24, 2.45) is 0 Å². The van der Waals surface area contributed by atoms with E-state index in [9.17, 15) is 49.1 Å². The number of nitrogens with one attached hydrogen (secondary N) is 2. The number of hydrogen-bond donors (Lipinski definition) is 4. The molecule has 1 fully saturated rings. The molecule has 0 unspecified atom stereocenters. The summed E-state index contributed by atoms with van der Waals surface area (Å²) in [7, 11) is -2.01. The van der Waals surface area contributed by atoms with E-state index in [2.05, 4.69) is 15.6 Å². The molecule has 26 heteroatoms. The minimum atomic E-state index is -3.76. The number of anilines is 2. The van der Waals surface area contributed by atoms with Crippen LogP contribution >= 0.6 is 11.6 Å². The van der Waals surface area contributed by atoms with E-state index >= 15 is 0 Å². The molecule has 4 aromatic heterocycles. The zero-order chi connectivity index (χ0) is 74.9. The summed E-state index contributed by atoms with van der Waals surface area (Å²) < 4.78 is 133. The number of carbonyl (C=O) groups excluding carboxylic acids is 2. The quantitative estimate of drug-likeness (QED) is 0.0240. The molecule has 4 N–H and O–H groups in total. The van der Waals surface area contributed by atoms with Gasteiger partial charge in [-0.3, -0.25) is 18.2 Å². The van der Waals surface area contributed by atoms with Gasteiger partial charge in [0, 0.05) is 104 Å². The minimum Gasteiger partial charge on any atom is -0.455 e. The SMILES string of the molecule is CC1(C)OB(C2=Cc3c(F)cccc3C2)OC1(C)C.CNC(=O)c1c(-c2ccc(F)cc2)oc2cc(N(C)S(C)(=O)=O)c(-c3ccc(CCCCO)c(C4=Cc5c(F)cccc5C4)n3)cc12.CNC(=O)c1c(-c2ccc(F)cc2)oc2cc(N(C)S(C)(=O)=O)c(-c3ccc(CCCCO)c(Cl)n3)cc12. The first kappa shape index (κ1) is 75.7. The van der Waals surface area contributed by atoms with E-state index in [0.717, 1.165) is 60.8 Å². The molecule has 18 nitrogen and oxygen atoms in total. The third kappa shape index (κ3) is 15.8. The van der Waals surface area contributed by atoms with Crippen molar-refractivity contribution in [3.8, 4) is 45.2 Å². The third-order valence-electron chi connectivity index (χ3n) is 19.1. The highest BCUT2D eigenvalue weighted by atomic mass is 35.5. The highest BCUT2D eigenvalue weighted by Crippen LogP contribution is 2.46. The summed E-state index contributed by atoms with van der Waals surface area (Å²) in [5.74, 6) is -1.84. The zero-order valence-electron chi connectivity index (χ0n) is 59.0. The lowest BCUT2D eigenvalue weighted by atomic mass is 9.77. The Morgan fingerprint density at radius 2 is 1.01 bits per heavy atom. The van der Waals surface area contributed by atoms with Crippen molar-refractivity contribution in [2.45, 2.75) is 90.3 Å². The van der Waals surface area contributed by atoms with Crippen LogP contribution in [0.3, 0.4) is 0 Å². The molecular weight excluding hydrogens is 1400 g/mol. The molecule has 1 saturated heterocycles. The van der Waals surface area contributed by atoms with Gasteiger partial charge in [0.15, 0.2) is 0 Å². The Bertz CT molecular complexity index is 5270. The summed E-state index contributed by atoms with van der Waals surface area (Å²) >= 11 is 6.48. The number of allylic oxidation sites excluding steroid dienone is 2. The van der Waals surface area contributed by atoms with Crippen molar-refractivity contribution in [1.82, 2.24) is 20.6 Å². The first-order valence-corrected chi connectivity index (χ1v) is 37.7. The fourth-order valence-electron chi connectivity index (χ4n) is 12.6. The van der Waals surface area contributed by atoms with Gasteiger partial charge >= 0.3 is 7.12 Å². The van der Waals surface area contributed by atoms with E-state index in [1.165, 1.54) is 94.9 Å². The molecule has 0 bridgehead atoms. The van der Waals surface area contributed by atoms with Gasteiger partial charge in [-0.1, -0.05) is 54.1 Å². The van der Waals surface area contributed by atoms with Gasteiger partial charge in [-0.05, 0) is 197 Å². The van der Waals surface area contributed by atoms with Crippen LogP contribution in [0.5, 0.6) is 0 Å². The summed E-state index contributed by atoms with van der Waals surface area (Å²) in [6.07, 6.45) is 10.9. The number of aliphatic hydroxyl groups is 2. The largest absolute Gasteiger partial charge is 0.490 e. The number of hydrogen-bond acceptors (Lipinski definition) is 14. The van der Waals surface area contributed by atoms with Crippen LogP contribution in [0, 0.1) is 23.3 Å². The van der Waals surface area contributed by atoms with E-state index in [0.29, 0.717) is 106 Å². The molecule has 0 saturated carbocycles. The number of carbonyl (C=O) groups is 2. The standard InChI is InChI=1S/C36H33F2N3O5S.C27H27ClFN3O5S.C15H18BFO2/c1-39-36(43)33-28-19-27(31(41(2)47(3,44)45)20-32(28)46-35(33)22-10-13-25(37)14-11-22)30-15-12-21(7-4-5-16-42)34(40-30)24-17-23-8-6-9-29(38)26(23)18-24;1-30-27(34)24-20-14-19(21-12-9-17(26(28)31-21)6-4-5-13-33)22(32(2)38(3,35)36)15-23(20)37-25(24)16-7-10-18(29)11-8-16;1-14(2)15(3,4)19-16(18-14)11-8-10-6-5-7-13(17)12(10)9-11/h6,8-15,18-20,42H,4-5,7,16-17H2,1-3H3,(H,39,43);7-12,14-15,33H,4-6,13H2,1-3H3,(H,30,34);5-7,9H,8H2,1-4H3. The van der Waals surface area contributed by atoms with Gasteiger partial charge in [-0.15, -0.1) is 0 Å². The van der Waals surface area contributed by atoms with Crippen LogP contribution in [0.4, 0.5) is 28.9 Å². The van der Waals surface area contributed by atoms with Gasteiger partial charge in [0.1, 0.15) is 51.1 Å². The maximum Gasteiger partial charge on any atom is 0.490 e. The Hall–Kier alpha value is -9.47. The lowest BCUT2D eigenvalue weighted by Gasteiger charge is -2.32. The number of furan rings is 2. The van der Waals surface area contributed by atoms with Gasteiger partial charge in [0.25, 0.3) is 11.8 Å². The number of unbranched alkanes of at least 4 members (excludes halogenated alkanes) is 2. The molecule has 1 aliphatic heterocycles. The molecule has 0 spiro atoms. The smallest absolute Gasteiger partial charge is 0.455 e. The van der Waals surface area contributed by atoms with Gasteiger partial charge < -0.3 is 39.0 Å². The molecular formula is C78H78BClF4N6O12S2. The number of fused-ring (bicyclic) bond motifs is 4. The van der Waals surface area contributed by atoms with Crippen LogP contribution in [0.2, 0.25) is 5.15 Å². The number of aromatic nitrogens is 2. The Morgan fingerprint density at radius 3 is 1.43 bits per heavy atom. The summed E-state index contributed by atoms with van der Waals surface area (Å²) in [4.78, 5) is 35.9. The highest BCUT2D eigenvalue weighted by molar-refractivity contribution is 7.92. The maximum atomic E-state index is 14.7. The number of nitrogens with zero attached hydrogens (tertiary/aromatic N) is 4. The van der Waals surface area contributed by atoms with Crippen molar-refractivity contribution in [2.75, 3.05) is 62.5 Å². The van der Waals surface area contributed by atoms with Crippen molar-refractivity contribution < 1.29 is 72.3 Å². The molecule has 0 radical (unpaired) electrons. The molecule has 5 heterocycles. The van der Waals surface area contributed by atoms with E-state index in [-0.39, 0.29) is 93.5 Å². The number of sulfonamides is 2. The van der Waals surface area contributed by atoms with Crippen LogP contribution in [-0.4, -0.2) is 121 Å². The topological polar surface area (TPSA) is 244 Å². The van der Waals surface area contributed by atoms with E-state index < -0.39 is 43.5 Å². The Labute approximate surface area is 606 Å². The van der Waals surface area contributed by atoms with Gasteiger partial charge in [-0.2, -0.15) is 0 Å². The zero-order valence-corrected chi connectivity index (χ0v) is 61.4. The Balaban J connectivity index is 0.000000169. The molecule has 10 aromatic rings. The van der Waals surface area contributed by atoms with Crippen LogP contribution < -0.4 is 19.2 Å². The van der Waals surface area contributed by atoms with E-state index in [4.69, 9.17) is 39.8 Å². The van der Waals surface area contributed by atoms with Crippen LogP contribution in [-0.2, 0) is 55.0 Å². The molecule has 13 rings (SSSR count). The van der Waals surface area contributed by atoms with E-state index in [1.54, 1.807) is 48.5 Å².